The number of phenolic OH excluding ortho intramolecular Hbond substituents is 1. The highest BCUT2D eigenvalue weighted by molar-refractivity contribution is 9.10. The van der Waals surface area contributed by atoms with Crippen LogP contribution < -0.4 is 20.7 Å². The van der Waals surface area contributed by atoms with Crippen LogP contribution >= 0.6 is 15.9 Å². The average molecular weight is 392 g/mol. The van der Waals surface area contributed by atoms with Crippen molar-refractivity contribution in [2.24, 2.45) is 0 Å². The van der Waals surface area contributed by atoms with E-state index in [-0.39, 0.29) is 5.75 Å². The average Bonchev–Trinajstić information content (AvgIpc) is 2.63. The Hall–Kier alpha value is -1.60. The van der Waals surface area contributed by atoms with Gasteiger partial charge in [0.15, 0.2) is 5.72 Å². The van der Waals surface area contributed by atoms with Crippen molar-refractivity contribution >= 4 is 15.9 Å². The molecule has 4 N–H and O–H groups in total. The first-order valence-electron chi connectivity index (χ1n) is 7.84. The lowest BCUT2D eigenvalue weighted by Gasteiger charge is -2.48. The predicted molar refractivity (Wildman–Crippen MR) is 98.0 cm³/mol. The zero-order valence-electron chi connectivity index (χ0n) is 14.0. The number of fused-ring (bicyclic) bond motifs is 1. The van der Waals surface area contributed by atoms with Crippen molar-refractivity contribution in [3.05, 3.63) is 58.1 Å². The van der Waals surface area contributed by atoms with E-state index in [0.29, 0.717) is 10.9 Å². The zero-order chi connectivity index (χ0) is 17.4. The summed E-state index contributed by atoms with van der Waals surface area (Å²) in [4.78, 5) is 0. The third-order valence-corrected chi connectivity index (χ3v) is 5.45. The number of rotatable bonds is 4. The van der Waals surface area contributed by atoms with Crippen molar-refractivity contribution in [1.29, 1.82) is 0 Å². The molecule has 2 aromatic carbocycles. The number of para-hydroxylation sites is 1. The van der Waals surface area contributed by atoms with Crippen LogP contribution in [-0.2, 0) is 11.4 Å². The summed E-state index contributed by atoms with van der Waals surface area (Å²) in [5.74, 6) is 1.01. The number of hydrogen-bond donors (Lipinski definition) is 4. The molecule has 0 bridgehead atoms. The number of hydrogen-bond acceptors (Lipinski definition) is 5. The van der Waals surface area contributed by atoms with Crippen LogP contribution in [0.5, 0.6) is 11.5 Å². The van der Waals surface area contributed by atoms with Crippen molar-refractivity contribution in [3.63, 3.8) is 0 Å². The molecule has 0 aromatic heterocycles. The zero-order valence-corrected chi connectivity index (χ0v) is 15.6. The van der Waals surface area contributed by atoms with E-state index in [2.05, 4.69) is 37.9 Å². The van der Waals surface area contributed by atoms with Crippen LogP contribution in [0.2, 0.25) is 0 Å². The first-order valence-corrected chi connectivity index (χ1v) is 8.64. The van der Waals surface area contributed by atoms with E-state index in [1.54, 1.807) is 6.07 Å². The summed E-state index contributed by atoms with van der Waals surface area (Å²) in [5, 5.41) is 20.0. The Morgan fingerprint density at radius 2 is 1.75 bits per heavy atom. The smallest absolute Gasteiger partial charge is 0.190 e. The van der Waals surface area contributed by atoms with Gasteiger partial charge in [-0.05, 0) is 61.3 Å². The number of benzene rings is 2. The van der Waals surface area contributed by atoms with Gasteiger partial charge in [0.25, 0.3) is 0 Å². The SMILES string of the molecule is CNC1(NC)CC(NC)(c2ccc(O)c(Br)c2)Oc2ccccc21. The molecule has 3 rings (SSSR count). The summed E-state index contributed by atoms with van der Waals surface area (Å²) < 4.78 is 7.05. The van der Waals surface area contributed by atoms with Gasteiger partial charge < -0.3 is 9.84 Å². The first kappa shape index (κ1) is 17.2. The largest absolute Gasteiger partial charge is 0.507 e. The van der Waals surface area contributed by atoms with Gasteiger partial charge in [0.1, 0.15) is 17.2 Å². The molecule has 2 aromatic rings. The summed E-state index contributed by atoms with van der Waals surface area (Å²) in [6.45, 7) is 0. The van der Waals surface area contributed by atoms with Gasteiger partial charge in [-0.3, -0.25) is 16.0 Å². The van der Waals surface area contributed by atoms with Gasteiger partial charge in [-0.2, -0.15) is 0 Å². The quantitative estimate of drug-likeness (QED) is 0.603. The fraction of sp³-hybridized carbons (Fsp3) is 0.333. The minimum atomic E-state index is -0.739. The number of halogens is 1. The Labute approximate surface area is 150 Å². The van der Waals surface area contributed by atoms with Crippen LogP contribution in [0.3, 0.4) is 0 Å². The fourth-order valence-electron chi connectivity index (χ4n) is 3.37. The topological polar surface area (TPSA) is 65.5 Å². The highest BCUT2D eigenvalue weighted by atomic mass is 79.9. The molecule has 6 heteroatoms. The van der Waals surface area contributed by atoms with Crippen molar-refractivity contribution in [3.8, 4) is 11.5 Å². The van der Waals surface area contributed by atoms with Crippen LogP contribution in [0, 0.1) is 0 Å². The molecular formula is C18H22BrN3O2. The minimum Gasteiger partial charge on any atom is -0.507 e. The molecule has 24 heavy (non-hydrogen) atoms. The molecular weight excluding hydrogens is 370 g/mol. The molecule has 1 unspecified atom stereocenters. The van der Waals surface area contributed by atoms with E-state index in [1.807, 2.05) is 51.5 Å². The Balaban J connectivity index is 2.18. The summed E-state index contributed by atoms with van der Waals surface area (Å²) in [6.07, 6.45) is 0.623. The Kier molecular flexibility index (Phi) is 4.57. The van der Waals surface area contributed by atoms with E-state index in [0.717, 1.165) is 16.9 Å². The maximum atomic E-state index is 9.82. The number of aromatic hydroxyl groups is 1. The van der Waals surface area contributed by atoms with Gasteiger partial charge in [0.2, 0.25) is 0 Å². The molecule has 0 aliphatic carbocycles. The molecule has 1 aliphatic rings. The van der Waals surface area contributed by atoms with E-state index < -0.39 is 11.4 Å². The summed E-state index contributed by atoms with van der Waals surface area (Å²) in [6, 6.07) is 13.4. The van der Waals surface area contributed by atoms with E-state index >= 15 is 0 Å². The molecule has 0 saturated heterocycles. The fourth-order valence-corrected chi connectivity index (χ4v) is 3.75. The summed E-state index contributed by atoms with van der Waals surface area (Å²) in [5.41, 5.74) is 0.816. The van der Waals surface area contributed by atoms with Gasteiger partial charge in [-0.1, -0.05) is 18.2 Å². The lowest BCUT2D eigenvalue weighted by Crippen LogP contribution is -2.62. The van der Waals surface area contributed by atoms with Crippen molar-refractivity contribution < 1.29 is 9.84 Å². The van der Waals surface area contributed by atoms with Gasteiger partial charge in [0.05, 0.1) is 4.47 Å². The molecule has 0 saturated carbocycles. The predicted octanol–water partition coefficient (Wildman–Crippen LogP) is 2.60. The third-order valence-electron chi connectivity index (χ3n) is 4.82. The number of ether oxygens (including phenoxy) is 1. The van der Waals surface area contributed by atoms with Crippen LogP contribution in [-0.4, -0.2) is 26.2 Å². The summed E-state index contributed by atoms with van der Waals surface area (Å²) >= 11 is 3.40. The molecule has 0 radical (unpaired) electrons. The van der Waals surface area contributed by atoms with Crippen molar-refractivity contribution in [2.75, 3.05) is 21.1 Å². The monoisotopic (exact) mass is 391 g/mol. The lowest BCUT2D eigenvalue weighted by molar-refractivity contribution is -0.0315. The van der Waals surface area contributed by atoms with Crippen molar-refractivity contribution in [1.82, 2.24) is 16.0 Å². The maximum absolute atomic E-state index is 9.82. The van der Waals surface area contributed by atoms with Gasteiger partial charge in [0, 0.05) is 17.5 Å². The molecule has 1 atom stereocenters. The molecule has 5 nitrogen and oxygen atoms in total. The standard InChI is InChI=1S/C18H22BrN3O2/c1-20-17(21-2)11-18(22-3,12-8-9-15(23)14(19)10-12)24-16-7-5-4-6-13(16)17/h4-10,20-23H,11H2,1-3H3. The number of phenols is 1. The first-order chi connectivity index (χ1) is 11.5. The second-order valence-electron chi connectivity index (χ2n) is 5.92. The second kappa shape index (κ2) is 6.37. The summed E-state index contributed by atoms with van der Waals surface area (Å²) in [7, 11) is 5.75. The van der Waals surface area contributed by atoms with E-state index in [9.17, 15) is 5.11 Å². The molecule has 0 amide bonds. The highest BCUT2D eigenvalue weighted by Gasteiger charge is 2.48. The lowest BCUT2D eigenvalue weighted by atomic mass is 9.83. The molecule has 0 spiro atoms. The Bertz CT molecular complexity index is 749. The molecule has 0 fully saturated rings. The maximum Gasteiger partial charge on any atom is 0.190 e. The normalized spacial score (nSPS) is 21.8. The van der Waals surface area contributed by atoms with Crippen LogP contribution in [0.15, 0.2) is 46.9 Å². The van der Waals surface area contributed by atoms with Gasteiger partial charge in [-0.25, -0.2) is 0 Å². The Morgan fingerprint density at radius 1 is 1.04 bits per heavy atom. The van der Waals surface area contributed by atoms with Gasteiger partial charge in [-0.15, -0.1) is 0 Å². The second-order valence-corrected chi connectivity index (χ2v) is 6.78. The van der Waals surface area contributed by atoms with Crippen molar-refractivity contribution in [2.45, 2.75) is 17.8 Å². The van der Waals surface area contributed by atoms with Gasteiger partial charge >= 0.3 is 0 Å². The molecule has 1 aliphatic heterocycles. The van der Waals surface area contributed by atoms with Crippen LogP contribution in [0.4, 0.5) is 0 Å². The highest BCUT2D eigenvalue weighted by Crippen LogP contribution is 2.45. The Morgan fingerprint density at radius 3 is 2.38 bits per heavy atom. The minimum absolute atomic E-state index is 0.203. The molecule has 1 heterocycles. The van der Waals surface area contributed by atoms with E-state index in [1.165, 1.54) is 0 Å². The third kappa shape index (κ3) is 2.59. The van der Waals surface area contributed by atoms with E-state index in [4.69, 9.17) is 4.74 Å². The van der Waals surface area contributed by atoms with Crippen LogP contribution in [0.25, 0.3) is 0 Å². The molecule has 128 valence electrons. The number of nitrogens with one attached hydrogen (secondary N) is 3. The van der Waals surface area contributed by atoms with Crippen LogP contribution in [0.1, 0.15) is 17.5 Å².